The van der Waals surface area contributed by atoms with Gasteiger partial charge in [0.25, 0.3) is 10.0 Å². The molecule has 9 nitrogen and oxygen atoms in total. The van der Waals surface area contributed by atoms with E-state index in [1.807, 2.05) is 39.0 Å². The molecule has 44 heavy (non-hydrogen) atoms. The number of aromatic nitrogens is 3. The number of rotatable bonds is 10. The Bertz CT molecular complexity index is 1780. The van der Waals surface area contributed by atoms with Gasteiger partial charge in [-0.25, -0.2) is 13.4 Å². The van der Waals surface area contributed by atoms with E-state index in [1.54, 1.807) is 32.0 Å². The number of carbonyl (C=O) groups excluding carboxylic acids is 1. The van der Waals surface area contributed by atoms with Gasteiger partial charge < -0.3 is 13.8 Å². The van der Waals surface area contributed by atoms with Gasteiger partial charge in [0.1, 0.15) is 17.3 Å². The summed E-state index contributed by atoms with van der Waals surface area (Å²) in [6.07, 6.45) is 4.94. The molecule has 0 spiro atoms. The molecular weight excluding hydrogens is 576 g/mol. The topological polar surface area (TPSA) is 116 Å². The van der Waals surface area contributed by atoms with Gasteiger partial charge in [0, 0.05) is 30.5 Å². The van der Waals surface area contributed by atoms with Crippen molar-refractivity contribution < 1.29 is 22.5 Å². The lowest BCUT2D eigenvalue weighted by Crippen LogP contribution is -2.19. The molecule has 0 saturated carbocycles. The second-order valence-corrected chi connectivity index (χ2v) is 14.1. The summed E-state index contributed by atoms with van der Waals surface area (Å²) < 4.78 is 43.5. The molecule has 0 radical (unpaired) electrons. The highest BCUT2D eigenvalue weighted by Crippen LogP contribution is 2.34. The second-order valence-electron chi connectivity index (χ2n) is 12.5. The normalized spacial score (nSPS) is 14.0. The van der Waals surface area contributed by atoms with Crippen LogP contribution in [0.3, 0.4) is 0 Å². The maximum atomic E-state index is 13.7. The van der Waals surface area contributed by atoms with Gasteiger partial charge in [-0.15, -0.1) is 0 Å². The molecule has 0 amide bonds. The lowest BCUT2D eigenvalue weighted by molar-refractivity contribution is -0.0147. The number of ether oxygens (including phenoxy) is 1. The SMILES string of the molecule is CCCc1nc2c(n1Cc1ccc(-c3ccccc3S(=O)(=O)Nc3noc(C)c3C)c(COC(C)(C)C)c1)C(=O)CCCC2. The summed E-state index contributed by atoms with van der Waals surface area (Å²) in [4.78, 5) is 18.2. The summed E-state index contributed by atoms with van der Waals surface area (Å²) in [5.41, 5.74) is 5.01. The number of benzene rings is 2. The van der Waals surface area contributed by atoms with E-state index in [0.29, 0.717) is 29.9 Å². The molecule has 234 valence electrons. The number of carbonyl (C=O) groups is 1. The van der Waals surface area contributed by atoms with Crippen molar-refractivity contribution in [2.75, 3.05) is 4.72 Å². The third-order valence-corrected chi connectivity index (χ3v) is 9.35. The number of ketones is 1. The number of sulfonamides is 1. The average Bonchev–Trinajstić information content (AvgIpc) is 3.40. The van der Waals surface area contributed by atoms with E-state index in [9.17, 15) is 13.2 Å². The van der Waals surface area contributed by atoms with Crippen molar-refractivity contribution in [2.45, 2.75) is 104 Å². The van der Waals surface area contributed by atoms with Crippen molar-refractivity contribution in [2.24, 2.45) is 0 Å². The Balaban J connectivity index is 1.58. The summed E-state index contributed by atoms with van der Waals surface area (Å²) in [6.45, 7) is 12.4. The molecule has 2 aromatic carbocycles. The van der Waals surface area contributed by atoms with Crippen LogP contribution in [0.2, 0.25) is 0 Å². The van der Waals surface area contributed by atoms with Crippen LogP contribution < -0.4 is 4.72 Å². The van der Waals surface area contributed by atoms with Crippen LogP contribution in [-0.2, 0) is 40.8 Å². The van der Waals surface area contributed by atoms with Crippen LogP contribution in [0.25, 0.3) is 11.1 Å². The van der Waals surface area contributed by atoms with Crippen molar-refractivity contribution in [1.82, 2.24) is 14.7 Å². The molecule has 0 atom stereocenters. The fourth-order valence-electron chi connectivity index (χ4n) is 5.54. The zero-order valence-electron chi connectivity index (χ0n) is 26.5. The second kappa shape index (κ2) is 12.7. The highest BCUT2D eigenvalue weighted by atomic mass is 32.2. The predicted octanol–water partition coefficient (Wildman–Crippen LogP) is 7.18. The maximum Gasteiger partial charge on any atom is 0.263 e. The van der Waals surface area contributed by atoms with Crippen LogP contribution in [0.1, 0.15) is 97.8 Å². The van der Waals surface area contributed by atoms with Gasteiger partial charge >= 0.3 is 0 Å². The number of aryl methyl sites for hydroxylation is 3. The first kappa shape index (κ1) is 31.7. The van der Waals surface area contributed by atoms with E-state index >= 15 is 0 Å². The largest absolute Gasteiger partial charge is 0.371 e. The molecule has 1 aliphatic rings. The molecular formula is C34H42N4O5S. The van der Waals surface area contributed by atoms with Gasteiger partial charge in [0.05, 0.1) is 22.8 Å². The molecule has 10 heteroatoms. The number of hydrogen-bond donors (Lipinski definition) is 1. The highest BCUT2D eigenvalue weighted by molar-refractivity contribution is 7.92. The summed E-state index contributed by atoms with van der Waals surface area (Å²) in [5, 5.41) is 3.89. The van der Waals surface area contributed by atoms with Gasteiger partial charge in [0.2, 0.25) is 0 Å². The highest BCUT2D eigenvalue weighted by Gasteiger charge is 2.26. The zero-order chi connectivity index (χ0) is 31.6. The molecule has 5 rings (SSSR count). The zero-order valence-corrected chi connectivity index (χ0v) is 27.3. The van der Waals surface area contributed by atoms with E-state index in [1.165, 1.54) is 0 Å². The van der Waals surface area contributed by atoms with Crippen LogP contribution in [0.5, 0.6) is 0 Å². The number of anilines is 1. The fourth-order valence-corrected chi connectivity index (χ4v) is 6.82. The minimum Gasteiger partial charge on any atom is -0.371 e. The van der Waals surface area contributed by atoms with Crippen molar-refractivity contribution >= 4 is 21.6 Å². The van der Waals surface area contributed by atoms with Crippen LogP contribution in [0, 0.1) is 13.8 Å². The number of imidazole rings is 1. The lowest BCUT2D eigenvalue weighted by Gasteiger charge is -2.22. The molecule has 0 unspecified atom stereocenters. The summed E-state index contributed by atoms with van der Waals surface area (Å²) >= 11 is 0. The smallest absolute Gasteiger partial charge is 0.263 e. The van der Waals surface area contributed by atoms with Crippen molar-refractivity contribution in [3.05, 3.63) is 82.1 Å². The first-order valence-corrected chi connectivity index (χ1v) is 16.8. The quantitative estimate of drug-likeness (QED) is 0.187. The molecule has 0 fully saturated rings. The molecule has 0 saturated heterocycles. The van der Waals surface area contributed by atoms with Crippen molar-refractivity contribution in [3.8, 4) is 11.1 Å². The lowest BCUT2D eigenvalue weighted by atomic mass is 9.97. The van der Waals surface area contributed by atoms with Crippen molar-refractivity contribution in [1.29, 1.82) is 0 Å². The van der Waals surface area contributed by atoms with E-state index < -0.39 is 15.6 Å². The maximum absolute atomic E-state index is 13.7. The Labute approximate surface area is 260 Å². The summed E-state index contributed by atoms with van der Waals surface area (Å²) in [7, 11) is -4.01. The number of Topliss-reactive ketones (excluding diaryl/α,β-unsaturated/α-hetero) is 1. The summed E-state index contributed by atoms with van der Waals surface area (Å²) in [6, 6.07) is 12.9. The minimum atomic E-state index is -4.01. The molecule has 2 aromatic heterocycles. The minimum absolute atomic E-state index is 0.126. The standard InChI is InChI=1S/C34H42N4O5S/c1-7-12-31-35-28-14-9-10-15-29(39)32(28)38(31)20-24-17-18-26(25(19-24)21-42-34(4,5)6)27-13-8-11-16-30(27)44(40,41)37-33-22(2)23(3)43-36-33/h8,11,13,16-19H,7,9-10,12,14-15,20-21H2,1-6H3,(H,36,37). The van der Waals surface area contributed by atoms with E-state index in [-0.39, 0.29) is 23.1 Å². The Hall–Kier alpha value is -3.76. The fraction of sp³-hybridized carbons (Fsp3) is 0.441. The van der Waals surface area contributed by atoms with Gasteiger partial charge in [-0.05, 0) is 83.1 Å². The van der Waals surface area contributed by atoms with Crippen LogP contribution in [0.4, 0.5) is 5.82 Å². The first-order chi connectivity index (χ1) is 20.9. The molecule has 1 N–H and O–H groups in total. The number of fused-ring (bicyclic) bond motifs is 1. The van der Waals surface area contributed by atoms with Gasteiger partial charge in [-0.1, -0.05) is 48.5 Å². The van der Waals surface area contributed by atoms with Gasteiger partial charge in [-0.3, -0.25) is 9.52 Å². The van der Waals surface area contributed by atoms with Crippen LogP contribution >= 0.6 is 0 Å². The van der Waals surface area contributed by atoms with Gasteiger partial charge in [0.15, 0.2) is 11.6 Å². The third-order valence-electron chi connectivity index (χ3n) is 7.95. The van der Waals surface area contributed by atoms with Crippen molar-refractivity contribution in [3.63, 3.8) is 0 Å². The Kier molecular flexibility index (Phi) is 9.13. The Morgan fingerprint density at radius 2 is 1.80 bits per heavy atom. The Morgan fingerprint density at radius 1 is 1.05 bits per heavy atom. The van der Waals surface area contributed by atoms with E-state index in [0.717, 1.165) is 66.0 Å². The third kappa shape index (κ3) is 6.81. The van der Waals surface area contributed by atoms with E-state index in [4.69, 9.17) is 14.2 Å². The Morgan fingerprint density at radius 3 is 2.50 bits per heavy atom. The predicted molar refractivity (Wildman–Crippen MR) is 170 cm³/mol. The molecule has 0 bridgehead atoms. The monoisotopic (exact) mass is 618 g/mol. The summed E-state index contributed by atoms with van der Waals surface area (Å²) in [5.74, 6) is 1.81. The molecule has 2 heterocycles. The van der Waals surface area contributed by atoms with Gasteiger partial charge in [-0.2, -0.15) is 0 Å². The number of nitrogens with zero attached hydrogens (tertiary/aromatic N) is 3. The van der Waals surface area contributed by atoms with E-state index in [2.05, 4.69) is 27.4 Å². The molecule has 1 aliphatic carbocycles. The van der Waals surface area contributed by atoms with Crippen LogP contribution in [0.15, 0.2) is 51.9 Å². The molecule has 4 aromatic rings. The molecule has 0 aliphatic heterocycles. The van der Waals surface area contributed by atoms with Crippen LogP contribution in [-0.4, -0.2) is 34.5 Å². The number of nitrogens with one attached hydrogen (secondary N) is 1. The number of hydrogen-bond acceptors (Lipinski definition) is 7. The average molecular weight is 619 g/mol. The first-order valence-electron chi connectivity index (χ1n) is 15.3.